The van der Waals surface area contributed by atoms with E-state index >= 15 is 0 Å². The van der Waals surface area contributed by atoms with Crippen LogP contribution in [0.1, 0.15) is 31.2 Å². The van der Waals surface area contributed by atoms with E-state index in [0.717, 1.165) is 101 Å². The monoisotopic (exact) mass is 865 g/mol. The van der Waals surface area contributed by atoms with Crippen LogP contribution in [0.15, 0.2) is 86.1 Å². The van der Waals surface area contributed by atoms with Gasteiger partial charge in [0, 0.05) is 82.2 Å². The molecule has 59 heavy (non-hydrogen) atoms. The molecule has 0 radical (unpaired) electrons. The summed E-state index contributed by atoms with van der Waals surface area (Å²) in [6.45, 7) is 13.3. The molecule has 4 N–H and O–H groups in total. The summed E-state index contributed by atoms with van der Waals surface area (Å²) < 4.78 is 16.1. The van der Waals surface area contributed by atoms with Gasteiger partial charge in [0.1, 0.15) is 0 Å². The van der Waals surface area contributed by atoms with Gasteiger partial charge < -0.3 is 25.7 Å². The topological polar surface area (TPSA) is 169 Å². The van der Waals surface area contributed by atoms with Crippen LogP contribution in [0, 0.1) is 32.6 Å². The molecule has 8 rings (SSSR count). The van der Waals surface area contributed by atoms with Crippen molar-refractivity contribution in [3.63, 3.8) is 0 Å². The molecule has 18 heteroatoms. The Morgan fingerprint density at radius 3 is 1.78 bits per heavy atom. The number of rotatable bonds is 18. The van der Waals surface area contributed by atoms with E-state index in [1.54, 1.807) is 52.4 Å². The lowest BCUT2D eigenvalue weighted by atomic mass is 10.0. The number of nitrogens with zero attached hydrogens (tertiary/aromatic N) is 8. The number of thiazole rings is 2. The molecular formula is C41H45N12O2S4+. The molecule has 8 aromatic rings. The number of hydrogen-bond donors (Lipinski definition) is 4. The predicted octanol–water partition coefficient (Wildman–Crippen LogP) is 9.41. The second kappa shape index (κ2) is 18.3. The van der Waals surface area contributed by atoms with Crippen molar-refractivity contribution >= 4 is 88.8 Å². The van der Waals surface area contributed by atoms with Crippen molar-refractivity contribution in [1.82, 2.24) is 34.9 Å². The van der Waals surface area contributed by atoms with E-state index < -0.39 is 0 Å². The summed E-state index contributed by atoms with van der Waals surface area (Å²) >= 11 is 6.55. The number of hydrogen-bond acceptors (Lipinski definition) is 17. The Morgan fingerprint density at radius 2 is 1.22 bits per heavy atom. The number of aromatic nitrogens is 8. The fourth-order valence-corrected chi connectivity index (χ4v) is 9.23. The third-order valence-electron chi connectivity index (χ3n) is 9.57. The number of fused-ring (bicyclic) bond motifs is 2. The number of benzene rings is 2. The van der Waals surface area contributed by atoms with Crippen LogP contribution in [0.4, 0.5) is 22.2 Å². The number of thioether (sulfide) groups is 2. The lowest BCUT2D eigenvalue weighted by Crippen LogP contribution is -2.32. The standard InChI is InChI=1S/C41H45N12O2S4/c1-23(13-43-38-45-17-30(56-6)18-46-38)16-50-41-52-33-10-8-29(12-36(33)59-41)37-25(3)53(55-26(37)4)22-57-31-19-47-39(48-20-31)44-14-24(2)15-49-40-51-32-9-7-28(11-35(32)58-40)34-21-42-27(5)54-34/h7-12,17-21,23-24H,13-16,22H2,1-6H3,(H,49,51)(H,50,52)(H,43,45,46)(H,44,47,48)/q+1. The average Bonchev–Trinajstić information content (AvgIpc) is 4.04. The summed E-state index contributed by atoms with van der Waals surface area (Å²) in [5.41, 5.74) is 6.19. The van der Waals surface area contributed by atoms with E-state index in [2.05, 4.69) is 91.2 Å². The van der Waals surface area contributed by atoms with E-state index in [1.807, 2.05) is 61.8 Å². The molecule has 0 saturated heterocycles. The number of nitrogens with one attached hydrogen (secondary N) is 4. The minimum atomic E-state index is 0.311. The predicted molar refractivity (Wildman–Crippen MR) is 241 cm³/mol. The number of aryl methyl sites for hydroxylation is 2. The molecule has 304 valence electrons. The Morgan fingerprint density at radius 1 is 0.678 bits per heavy atom. The molecule has 6 heterocycles. The van der Waals surface area contributed by atoms with Crippen molar-refractivity contribution in [2.45, 2.75) is 50.3 Å². The zero-order valence-corrected chi connectivity index (χ0v) is 36.8. The van der Waals surface area contributed by atoms with Crippen LogP contribution in [0.5, 0.6) is 0 Å². The maximum Gasteiger partial charge on any atom is 0.243 e. The molecule has 6 aromatic heterocycles. The number of oxazole rings is 1. The van der Waals surface area contributed by atoms with Crippen LogP contribution >= 0.6 is 46.2 Å². The minimum Gasteiger partial charge on any atom is -0.441 e. The number of anilines is 4. The van der Waals surface area contributed by atoms with Crippen LogP contribution in [0.25, 0.3) is 42.9 Å². The van der Waals surface area contributed by atoms with Gasteiger partial charge in [-0.1, -0.05) is 42.6 Å². The Kier molecular flexibility index (Phi) is 12.6. The third-order valence-corrected chi connectivity index (χ3v) is 13.1. The molecule has 0 amide bonds. The summed E-state index contributed by atoms with van der Waals surface area (Å²) in [6.07, 6.45) is 11.1. The minimum absolute atomic E-state index is 0.311. The van der Waals surface area contributed by atoms with Gasteiger partial charge in [0.25, 0.3) is 0 Å². The van der Waals surface area contributed by atoms with Gasteiger partial charge in [-0.15, -0.1) is 11.8 Å². The van der Waals surface area contributed by atoms with E-state index in [0.29, 0.717) is 35.5 Å². The fraction of sp³-hybridized carbons (Fsp3) is 0.317. The molecule has 0 bridgehead atoms. The normalized spacial score (nSPS) is 12.6. The molecular weight excluding hydrogens is 821 g/mol. The zero-order valence-electron chi connectivity index (χ0n) is 33.6. The van der Waals surface area contributed by atoms with Crippen LogP contribution in [0.3, 0.4) is 0 Å². The molecule has 0 aliphatic carbocycles. The highest BCUT2D eigenvalue weighted by Crippen LogP contribution is 2.34. The Bertz CT molecular complexity index is 2660. The summed E-state index contributed by atoms with van der Waals surface area (Å²) in [4.78, 5) is 33.7. The van der Waals surface area contributed by atoms with Gasteiger partial charge in [-0.25, -0.2) is 39.4 Å². The van der Waals surface area contributed by atoms with Crippen molar-refractivity contribution < 1.29 is 13.7 Å². The van der Waals surface area contributed by atoms with E-state index in [1.165, 1.54) is 0 Å². The van der Waals surface area contributed by atoms with Gasteiger partial charge in [0.05, 0.1) is 37.1 Å². The van der Waals surface area contributed by atoms with E-state index in [4.69, 9.17) is 18.9 Å². The maximum absolute atomic E-state index is 6.24. The van der Waals surface area contributed by atoms with Crippen molar-refractivity contribution in [3.05, 3.63) is 84.7 Å². The Hall–Kier alpha value is -5.30. The second-order valence-corrected chi connectivity index (χ2v) is 18.3. The summed E-state index contributed by atoms with van der Waals surface area (Å²) in [5.74, 6) is 4.78. The van der Waals surface area contributed by atoms with Crippen molar-refractivity contribution in [1.29, 1.82) is 0 Å². The molecule has 14 nitrogen and oxygen atoms in total. The summed E-state index contributed by atoms with van der Waals surface area (Å²) in [5, 5.41) is 15.5. The lowest BCUT2D eigenvalue weighted by Gasteiger charge is -2.13. The van der Waals surface area contributed by atoms with Gasteiger partial charge in [0.2, 0.25) is 23.5 Å². The largest absolute Gasteiger partial charge is 0.441 e. The van der Waals surface area contributed by atoms with E-state index in [-0.39, 0.29) is 0 Å². The highest BCUT2D eigenvalue weighted by molar-refractivity contribution is 7.98. The summed E-state index contributed by atoms with van der Waals surface area (Å²) in [7, 11) is 0. The SMILES string of the molecule is CSc1cnc(NCC(C)CNc2nc3ccc(-c4c(C)o[n+](CSc5cnc(NCC(C)CNc6nc7ccc(-c8cnc(C)o8)cc7s6)nc5)c4C)cc3s2)nc1. The molecule has 2 aromatic carbocycles. The second-order valence-electron chi connectivity index (χ2n) is 14.3. The van der Waals surface area contributed by atoms with Crippen LogP contribution < -0.4 is 26.0 Å². The molecule has 0 aliphatic heterocycles. The molecule has 0 aliphatic rings. The maximum atomic E-state index is 6.24. The van der Waals surface area contributed by atoms with E-state index in [9.17, 15) is 0 Å². The third kappa shape index (κ3) is 9.95. The first-order valence-electron chi connectivity index (χ1n) is 19.2. The zero-order chi connectivity index (χ0) is 40.9. The molecule has 0 fully saturated rings. The first kappa shape index (κ1) is 40.5. The van der Waals surface area contributed by atoms with Gasteiger partial charge in [-0.05, 0) is 70.5 Å². The molecule has 0 spiro atoms. The molecule has 2 unspecified atom stereocenters. The summed E-state index contributed by atoms with van der Waals surface area (Å²) in [6, 6.07) is 12.5. The van der Waals surface area contributed by atoms with Crippen LogP contribution in [0.2, 0.25) is 0 Å². The first-order valence-corrected chi connectivity index (χ1v) is 23.0. The Balaban J connectivity index is 0.797. The van der Waals surface area contributed by atoms with Crippen LogP contribution in [-0.4, -0.2) is 67.3 Å². The average molecular weight is 866 g/mol. The van der Waals surface area contributed by atoms with Gasteiger partial charge in [-0.3, -0.25) is 0 Å². The van der Waals surface area contributed by atoms with Crippen molar-refractivity contribution in [3.8, 4) is 22.5 Å². The molecule has 2 atom stereocenters. The van der Waals surface area contributed by atoms with Gasteiger partial charge in [0.15, 0.2) is 27.7 Å². The quantitative estimate of drug-likeness (QED) is 0.0475. The van der Waals surface area contributed by atoms with Gasteiger partial charge in [-0.2, -0.15) is 0 Å². The highest BCUT2D eigenvalue weighted by atomic mass is 32.2. The van der Waals surface area contributed by atoms with Crippen molar-refractivity contribution in [2.75, 3.05) is 53.7 Å². The highest BCUT2D eigenvalue weighted by Gasteiger charge is 2.24. The van der Waals surface area contributed by atoms with Crippen LogP contribution in [-0.2, 0) is 5.88 Å². The van der Waals surface area contributed by atoms with Gasteiger partial charge >= 0.3 is 0 Å². The fourth-order valence-electron chi connectivity index (χ4n) is 6.32. The molecule has 0 saturated carbocycles. The van der Waals surface area contributed by atoms with Crippen molar-refractivity contribution in [2.24, 2.45) is 11.8 Å². The lowest BCUT2D eigenvalue weighted by molar-refractivity contribution is -0.853. The smallest absolute Gasteiger partial charge is 0.243 e. The Labute approximate surface area is 358 Å². The first-order chi connectivity index (χ1) is 28.7.